The first kappa shape index (κ1) is 30.6. The molecule has 0 radical (unpaired) electrons. The molecule has 6 rings (SSSR count). The SMILES string of the molecule is CC(=O)OC[C@H](Cc1ccccc1)NC(=O)[C@H](Cc1ccc2ccccc2c1)NC(=O)OCC1c2ccccc2-c2ccccc21. The maximum atomic E-state index is 13.9. The van der Waals surface area contributed by atoms with Gasteiger partial charge >= 0.3 is 12.1 Å². The van der Waals surface area contributed by atoms with E-state index in [4.69, 9.17) is 9.47 Å². The molecule has 0 aliphatic heterocycles. The number of alkyl carbamates (subject to hydrolysis) is 1. The van der Waals surface area contributed by atoms with Gasteiger partial charge in [0.15, 0.2) is 0 Å². The molecular formula is C39H36N2O5. The summed E-state index contributed by atoms with van der Waals surface area (Å²) < 4.78 is 11.1. The zero-order chi connectivity index (χ0) is 31.9. The van der Waals surface area contributed by atoms with Gasteiger partial charge in [0.05, 0.1) is 6.04 Å². The molecular weight excluding hydrogens is 576 g/mol. The van der Waals surface area contributed by atoms with Crippen molar-refractivity contribution in [1.29, 1.82) is 0 Å². The van der Waals surface area contributed by atoms with Gasteiger partial charge in [-0.2, -0.15) is 0 Å². The van der Waals surface area contributed by atoms with Crippen molar-refractivity contribution >= 4 is 28.7 Å². The van der Waals surface area contributed by atoms with Crippen LogP contribution in [0.25, 0.3) is 21.9 Å². The summed E-state index contributed by atoms with van der Waals surface area (Å²) in [5.41, 5.74) is 6.36. The summed E-state index contributed by atoms with van der Waals surface area (Å²) in [6, 6.07) is 38.5. The minimum atomic E-state index is -0.938. The zero-order valence-corrected chi connectivity index (χ0v) is 25.6. The van der Waals surface area contributed by atoms with Crippen molar-refractivity contribution in [3.63, 3.8) is 0 Å². The van der Waals surface area contributed by atoms with Crippen LogP contribution in [-0.4, -0.2) is 43.3 Å². The molecule has 0 saturated carbocycles. The molecule has 0 spiro atoms. The minimum absolute atomic E-state index is 0.00358. The lowest BCUT2D eigenvalue weighted by atomic mass is 9.98. The number of carbonyl (C=O) groups excluding carboxylic acids is 3. The molecule has 232 valence electrons. The molecule has 0 unspecified atom stereocenters. The molecule has 0 heterocycles. The summed E-state index contributed by atoms with van der Waals surface area (Å²) in [7, 11) is 0. The van der Waals surface area contributed by atoms with Gasteiger partial charge in [-0.25, -0.2) is 4.79 Å². The monoisotopic (exact) mass is 612 g/mol. The van der Waals surface area contributed by atoms with E-state index in [-0.39, 0.29) is 25.6 Å². The Balaban J connectivity index is 1.20. The first-order valence-electron chi connectivity index (χ1n) is 15.5. The van der Waals surface area contributed by atoms with Crippen LogP contribution in [0.3, 0.4) is 0 Å². The Morgan fingerprint density at radius 2 is 1.28 bits per heavy atom. The fourth-order valence-electron chi connectivity index (χ4n) is 6.16. The van der Waals surface area contributed by atoms with E-state index in [1.54, 1.807) is 0 Å². The predicted molar refractivity (Wildman–Crippen MR) is 178 cm³/mol. The summed E-state index contributed by atoms with van der Waals surface area (Å²) in [6.45, 7) is 1.47. The van der Waals surface area contributed by atoms with Crippen molar-refractivity contribution < 1.29 is 23.9 Å². The molecule has 7 heteroatoms. The van der Waals surface area contributed by atoms with Crippen LogP contribution in [0, 0.1) is 0 Å². The fraction of sp³-hybridized carbons (Fsp3) is 0.205. The molecule has 0 saturated heterocycles. The molecule has 2 atom stereocenters. The van der Waals surface area contributed by atoms with Gasteiger partial charge in [-0.3, -0.25) is 9.59 Å². The van der Waals surface area contributed by atoms with Gasteiger partial charge in [0.1, 0.15) is 19.3 Å². The van der Waals surface area contributed by atoms with Crippen LogP contribution in [0.2, 0.25) is 0 Å². The standard InChI is InChI=1S/C39H36N2O5/c1-26(42)45-24-31(22-27-11-3-2-4-12-27)40-38(43)37(23-28-19-20-29-13-5-6-14-30(29)21-28)41-39(44)46-25-36-34-17-9-7-15-32(34)33-16-8-10-18-35(33)36/h2-21,31,36-37H,22-25H2,1H3,(H,40,43)(H,41,44)/t31-,37-/m0/s1. The Kier molecular flexibility index (Phi) is 9.39. The van der Waals surface area contributed by atoms with Crippen LogP contribution in [0.15, 0.2) is 121 Å². The van der Waals surface area contributed by atoms with Gasteiger partial charge in [-0.05, 0) is 50.6 Å². The second-order valence-electron chi connectivity index (χ2n) is 11.6. The largest absolute Gasteiger partial charge is 0.464 e. The number of rotatable bonds is 11. The average molecular weight is 613 g/mol. The third kappa shape index (κ3) is 7.26. The number of fused-ring (bicyclic) bond motifs is 4. The van der Waals surface area contributed by atoms with E-state index in [9.17, 15) is 14.4 Å². The van der Waals surface area contributed by atoms with Gasteiger partial charge < -0.3 is 20.1 Å². The summed E-state index contributed by atoms with van der Waals surface area (Å²) in [4.78, 5) is 38.8. The van der Waals surface area contributed by atoms with Crippen LogP contribution in [0.5, 0.6) is 0 Å². The molecule has 0 fully saturated rings. The van der Waals surface area contributed by atoms with E-state index in [1.807, 2.05) is 97.1 Å². The van der Waals surface area contributed by atoms with Gasteiger partial charge in [0, 0.05) is 19.3 Å². The first-order valence-corrected chi connectivity index (χ1v) is 15.5. The molecule has 5 aromatic carbocycles. The van der Waals surface area contributed by atoms with Crippen molar-refractivity contribution in [2.75, 3.05) is 13.2 Å². The second-order valence-corrected chi connectivity index (χ2v) is 11.6. The highest BCUT2D eigenvalue weighted by atomic mass is 16.5. The van der Waals surface area contributed by atoms with Crippen LogP contribution in [-0.2, 0) is 31.9 Å². The quantitative estimate of drug-likeness (QED) is 0.164. The molecule has 0 aromatic heterocycles. The van der Waals surface area contributed by atoms with E-state index in [2.05, 4.69) is 34.9 Å². The first-order chi connectivity index (χ1) is 22.4. The highest BCUT2D eigenvalue weighted by Gasteiger charge is 2.30. The average Bonchev–Trinajstić information content (AvgIpc) is 3.40. The lowest BCUT2D eigenvalue weighted by Gasteiger charge is -2.24. The summed E-state index contributed by atoms with van der Waals surface area (Å²) in [6.07, 6.45) is 0.0161. The predicted octanol–water partition coefficient (Wildman–Crippen LogP) is 6.58. The van der Waals surface area contributed by atoms with Crippen LogP contribution < -0.4 is 10.6 Å². The second kappa shape index (κ2) is 14.1. The molecule has 46 heavy (non-hydrogen) atoms. The highest BCUT2D eigenvalue weighted by Crippen LogP contribution is 2.44. The maximum Gasteiger partial charge on any atom is 0.407 e. The molecule has 7 nitrogen and oxygen atoms in total. The number of carbonyl (C=O) groups is 3. The van der Waals surface area contributed by atoms with Crippen molar-refractivity contribution in [2.24, 2.45) is 0 Å². The van der Waals surface area contributed by atoms with Gasteiger partial charge in [-0.1, -0.05) is 121 Å². The van der Waals surface area contributed by atoms with E-state index in [1.165, 1.54) is 6.92 Å². The van der Waals surface area contributed by atoms with E-state index < -0.39 is 30.1 Å². The summed E-state index contributed by atoms with van der Waals surface area (Å²) in [5, 5.41) is 7.98. The highest BCUT2D eigenvalue weighted by molar-refractivity contribution is 5.87. The number of hydrogen-bond donors (Lipinski definition) is 2. The number of ether oxygens (including phenoxy) is 2. The fourth-order valence-corrected chi connectivity index (χ4v) is 6.16. The lowest BCUT2D eigenvalue weighted by molar-refractivity contribution is -0.142. The Morgan fingerprint density at radius 1 is 0.652 bits per heavy atom. The smallest absolute Gasteiger partial charge is 0.407 e. The number of esters is 1. The normalized spacial score (nSPS) is 13.2. The van der Waals surface area contributed by atoms with Crippen LogP contribution in [0.4, 0.5) is 4.79 Å². The van der Waals surface area contributed by atoms with E-state index in [0.717, 1.165) is 44.2 Å². The van der Waals surface area contributed by atoms with Crippen molar-refractivity contribution in [3.05, 3.63) is 144 Å². The number of amides is 2. The Labute approximate surface area is 268 Å². The third-order valence-electron chi connectivity index (χ3n) is 8.37. The zero-order valence-electron chi connectivity index (χ0n) is 25.6. The molecule has 0 bridgehead atoms. The Bertz CT molecular complexity index is 1810. The van der Waals surface area contributed by atoms with Gasteiger partial charge in [0.25, 0.3) is 0 Å². The molecule has 5 aromatic rings. The molecule has 1 aliphatic carbocycles. The number of nitrogens with one attached hydrogen (secondary N) is 2. The molecule has 2 amide bonds. The van der Waals surface area contributed by atoms with Crippen molar-refractivity contribution in [3.8, 4) is 11.1 Å². The summed E-state index contributed by atoms with van der Waals surface area (Å²) >= 11 is 0. The van der Waals surface area contributed by atoms with Crippen molar-refractivity contribution in [1.82, 2.24) is 10.6 Å². The topological polar surface area (TPSA) is 93.7 Å². The maximum absolute atomic E-state index is 13.9. The van der Waals surface area contributed by atoms with E-state index >= 15 is 0 Å². The van der Waals surface area contributed by atoms with Crippen LogP contribution >= 0.6 is 0 Å². The van der Waals surface area contributed by atoms with Gasteiger partial charge in [0.2, 0.25) is 5.91 Å². The van der Waals surface area contributed by atoms with Gasteiger partial charge in [-0.15, -0.1) is 0 Å². The van der Waals surface area contributed by atoms with Crippen molar-refractivity contribution in [2.45, 2.75) is 37.8 Å². The molecule has 1 aliphatic rings. The third-order valence-corrected chi connectivity index (χ3v) is 8.37. The number of benzene rings is 5. The molecule has 2 N–H and O–H groups in total. The Hall–Kier alpha value is -5.43. The Morgan fingerprint density at radius 3 is 1.98 bits per heavy atom. The number of hydrogen-bond acceptors (Lipinski definition) is 5. The lowest BCUT2D eigenvalue weighted by Crippen LogP contribution is -2.52. The minimum Gasteiger partial charge on any atom is -0.464 e. The van der Waals surface area contributed by atoms with E-state index in [0.29, 0.717) is 6.42 Å². The summed E-state index contributed by atoms with van der Waals surface area (Å²) in [5.74, 6) is -0.934. The van der Waals surface area contributed by atoms with Crippen LogP contribution in [0.1, 0.15) is 35.1 Å².